The molecule has 1 aromatic heterocycles. The van der Waals surface area contributed by atoms with Crippen molar-refractivity contribution in [3.63, 3.8) is 0 Å². The lowest BCUT2D eigenvalue weighted by atomic mass is 10.1. The fraction of sp³-hybridized carbons (Fsp3) is 0.417. The molecule has 2 heterocycles. The summed E-state index contributed by atoms with van der Waals surface area (Å²) in [5.41, 5.74) is 1.30. The van der Waals surface area contributed by atoms with Gasteiger partial charge >= 0.3 is 0 Å². The quantitative estimate of drug-likeness (QED) is 0.711. The van der Waals surface area contributed by atoms with Crippen LogP contribution in [0.3, 0.4) is 0 Å². The molecule has 0 N–H and O–H groups in total. The van der Waals surface area contributed by atoms with E-state index >= 15 is 0 Å². The third-order valence-corrected chi connectivity index (χ3v) is 2.72. The summed E-state index contributed by atoms with van der Waals surface area (Å²) in [6.45, 7) is 2.90. The number of ketones is 1. The maximum absolute atomic E-state index is 12.0. The number of aromatic nitrogens is 1. The minimum absolute atomic E-state index is 0.0730. The van der Waals surface area contributed by atoms with Gasteiger partial charge in [-0.05, 0) is 19.1 Å². The molecule has 0 aliphatic carbocycles. The van der Waals surface area contributed by atoms with Crippen LogP contribution in [0.15, 0.2) is 18.2 Å². The predicted octanol–water partition coefficient (Wildman–Crippen LogP) is 1.20. The zero-order chi connectivity index (χ0) is 11.5. The average Bonchev–Trinajstić information content (AvgIpc) is 2.29. The summed E-state index contributed by atoms with van der Waals surface area (Å²) in [6, 6.07) is 5.40. The van der Waals surface area contributed by atoms with E-state index in [-0.39, 0.29) is 11.7 Å². The lowest BCUT2D eigenvalue weighted by Crippen LogP contribution is -2.39. The van der Waals surface area contributed by atoms with Gasteiger partial charge in [0.25, 0.3) is 5.91 Å². The van der Waals surface area contributed by atoms with E-state index in [2.05, 4.69) is 4.98 Å². The summed E-state index contributed by atoms with van der Waals surface area (Å²) in [4.78, 5) is 29.0. The summed E-state index contributed by atoms with van der Waals surface area (Å²) in [5.74, 6) is 0.164. The van der Waals surface area contributed by atoms with Crippen molar-refractivity contribution in [2.75, 3.05) is 13.1 Å². The minimum Gasteiger partial charge on any atom is -0.336 e. The fourth-order valence-corrected chi connectivity index (χ4v) is 1.78. The molecule has 16 heavy (non-hydrogen) atoms. The second-order valence-electron chi connectivity index (χ2n) is 4.00. The standard InChI is InChI=1S/C12H14N2O2/c1-9-3-2-4-11(13-9)12(16)14-7-5-10(15)6-8-14/h2-4H,5-8H2,1H3. The Labute approximate surface area is 94.3 Å². The van der Waals surface area contributed by atoms with E-state index in [1.165, 1.54) is 0 Å². The van der Waals surface area contributed by atoms with E-state index in [0.29, 0.717) is 31.6 Å². The van der Waals surface area contributed by atoms with Crippen molar-refractivity contribution in [2.45, 2.75) is 19.8 Å². The van der Waals surface area contributed by atoms with Crippen molar-refractivity contribution in [3.05, 3.63) is 29.6 Å². The van der Waals surface area contributed by atoms with Crippen LogP contribution in [0.5, 0.6) is 0 Å². The number of carbonyl (C=O) groups is 2. The summed E-state index contributed by atoms with van der Waals surface area (Å²) in [6.07, 6.45) is 0.940. The molecular formula is C12H14N2O2. The highest BCUT2D eigenvalue weighted by Crippen LogP contribution is 2.10. The SMILES string of the molecule is Cc1cccc(C(=O)N2CCC(=O)CC2)n1. The molecule has 4 heteroatoms. The number of pyridine rings is 1. The van der Waals surface area contributed by atoms with Gasteiger partial charge in [0.2, 0.25) is 0 Å². The molecule has 1 aliphatic rings. The third-order valence-electron chi connectivity index (χ3n) is 2.72. The van der Waals surface area contributed by atoms with Crippen molar-refractivity contribution in [3.8, 4) is 0 Å². The van der Waals surface area contributed by atoms with E-state index in [4.69, 9.17) is 0 Å². The molecule has 1 saturated heterocycles. The monoisotopic (exact) mass is 218 g/mol. The summed E-state index contributed by atoms with van der Waals surface area (Å²) >= 11 is 0. The number of hydrogen-bond donors (Lipinski definition) is 0. The first kappa shape index (κ1) is 10.8. The van der Waals surface area contributed by atoms with Crippen LogP contribution in [-0.4, -0.2) is 34.7 Å². The average molecular weight is 218 g/mol. The van der Waals surface area contributed by atoms with Gasteiger partial charge in [-0.3, -0.25) is 9.59 Å². The van der Waals surface area contributed by atoms with Gasteiger partial charge < -0.3 is 4.90 Å². The number of nitrogens with zero attached hydrogens (tertiary/aromatic N) is 2. The molecule has 0 bridgehead atoms. The highest BCUT2D eigenvalue weighted by molar-refractivity contribution is 5.93. The lowest BCUT2D eigenvalue weighted by Gasteiger charge is -2.25. The highest BCUT2D eigenvalue weighted by atomic mass is 16.2. The number of carbonyl (C=O) groups excluding carboxylic acids is 2. The molecule has 4 nitrogen and oxygen atoms in total. The Morgan fingerprint density at radius 1 is 1.31 bits per heavy atom. The smallest absolute Gasteiger partial charge is 0.272 e. The number of rotatable bonds is 1. The molecule has 0 unspecified atom stereocenters. The van der Waals surface area contributed by atoms with Gasteiger partial charge in [0, 0.05) is 31.6 Å². The van der Waals surface area contributed by atoms with Crippen LogP contribution < -0.4 is 0 Å². The number of aryl methyl sites for hydroxylation is 1. The molecule has 0 radical (unpaired) electrons. The highest BCUT2D eigenvalue weighted by Gasteiger charge is 2.22. The maximum atomic E-state index is 12.0. The summed E-state index contributed by atoms with van der Waals surface area (Å²) < 4.78 is 0. The van der Waals surface area contributed by atoms with E-state index in [1.54, 1.807) is 11.0 Å². The van der Waals surface area contributed by atoms with Crippen molar-refractivity contribution in [1.29, 1.82) is 0 Å². The number of hydrogen-bond acceptors (Lipinski definition) is 3. The second kappa shape index (κ2) is 4.43. The summed E-state index contributed by atoms with van der Waals surface area (Å²) in [7, 11) is 0. The minimum atomic E-state index is -0.0730. The van der Waals surface area contributed by atoms with Gasteiger partial charge in [0.05, 0.1) is 0 Å². The van der Waals surface area contributed by atoms with Gasteiger partial charge in [-0.1, -0.05) is 6.07 Å². The fourth-order valence-electron chi connectivity index (χ4n) is 1.78. The van der Waals surface area contributed by atoms with E-state index < -0.39 is 0 Å². The zero-order valence-corrected chi connectivity index (χ0v) is 9.27. The Balaban J connectivity index is 2.10. The Morgan fingerprint density at radius 3 is 2.62 bits per heavy atom. The Kier molecular flexibility index (Phi) is 2.99. The first-order valence-corrected chi connectivity index (χ1v) is 5.41. The molecule has 84 valence electrons. The molecule has 1 aromatic rings. The van der Waals surface area contributed by atoms with Crippen molar-refractivity contribution < 1.29 is 9.59 Å². The van der Waals surface area contributed by atoms with Crippen LogP contribution in [-0.2, 0) is 4.79 Å². The normalized spacial score (nSPS) is 16.3. The van der Waals surface area contributed by atoms with Gasteiger partial charge in [-0.2, -0.15) is 0 Å². The number of Topliss-reactive ketones (excluding diaryl/α,β-unsaturated/α-hetero) is 1. The number of amides is 1. The Bertz CT molecular complexity index is 419. The van der Waals surface area contributed by atoms with Crippen molar-refractivity contribution >= 4 is 11.7 Å². The van der Waals surface area contributed by atoms with Gasteiger partial charge in [-0.15, -0.1) is 0 Å². The lowest BCUT2D eigenvalue weighted by molar-refractivity contribution is -0.120. The van der Waals surface area contributed by atoms with Crippen molar-refractivity contribution in [1.82, 2.24) is 9.88 Å². The molecule has 1 amide bonds. The molecule has 0 saturated carbocycles. The van der Waals surface area contributed by atoms with Crippen LogP contribution in [0.1, 0.15) is 29.0 Å². The Morgan fingerprint density at radius 2 is 2.00 bits per heavy atom. The van der Waals surface area contributed by atoms with Crippen LogP contribution in [0, 0.1) is 6.92 Å². The zero-order valence-electron chi connectivity index (χ0n) is 9.27. The molecule has 0 atom stereocenters. The molecule has 0 aromatic carbocycles. The summed E-state index contributed by atoms with van der Waals surface area (Å²) in [5, 5.41) is 0. The predicted molar refractivity (Wildman–Crippen MR) is 59.1 cm³/mol. The topological polar surface area (TPSA) is 50.3 Å². The maximum Gasteiger partial charge on any atom is 0.272 e. The van der Waals surface area contributed by atoms with Gasteiger partial charge in [0.1, 0.15) is 11.5 Å². The van der Waals surface area contributed by atoms with E-state index in [0.717, 1.165) is 5.69 Å². The molecule has 0 spiro atoms. The molecule has 1 fully saturated rings. The second-order valence-corrected chi connectivity index (χ2v) is 4.00. The van der Waals surface area contributed by atoms with E-state index in [1.807, 2.05) is 19.1 Å². The van der Waals surface area contributed by atoms with Crippen LogP contribution in [0.2, 0.25) is 0 Å². The van der Waals surface area contributed by atoms with Crippen molar-refractivity contribution in [2.24, 2.45) is 0 Å². The van der Waals surface area contributed by atoms with Crippen LogP contribution >= 0.6 is 0 Å². The number of likely N-dealkylation sites (tertiary alicyclic amines) is 1. The van der Waals surface area contributed by atoms with Crippen LogP contribution in [0.4, 0.5) is 0 Å². The first-order valence-electron chi connectivity index (χ1n) is 5.41. The van der Waals surface area contributed by atoms with Gasteiger partial charge in [-0.25, -0.2) is 4.98 Å². The molecule has 1 aliphatic heterocycles. The first-order chi connectivity index (χ1) is 7.66. The molecule has 2 rings (SSSR count). The Hall–Kier alpha value is -1.71. The van der Waals surface area contributed by atoms with Gasteiger partial charge in [0.15, 0.2) is 0 Å². The number of piperidine rings is 1. The molecular weight excluding hydrogens is 204 g/mol. The van der Waals surface area contributed by atoms with Crippen LogP contribution in [0.25, 0.3) is 0 Å². The van der Waals surface area contributed by atoms with E-state index in [9.17, 15) is 9.59 Å². The largest absolute Gasteiger partial charge is 0.336 e. The third kappa shape index (κ3) is 2.27.